The number of nitrogens with one attached hydrogen (secondary N) is 2. The molecule has 1 aliphatic rings. The standard InChI is InChI=1S/C8H15N3O3/c12-7(13)6-9-10-8(14)11-4-2-1-3-5-11/h9H,1-6H2,(H,10,14)(H,12,13). The van der Waals surface area contributed by atoms with Crippen LogP contribution >= 0.6 is 0 Å². The van der Waals surface area contributed by atoms with E-state index in [4.69, 9.17) is 5.11 Å². The molecule has 0 aromatic carbocycles. The van der Waals surface area contributed by atoms with Gasteiger partial charge in [-0.2, -0.15) is 0 Å². The highest BCUT2D eigenvalue weighted by atomic mass is 16.4. The maximum Gasteiger partial charge on any atom is 0.331 e. The molecule has 6 nitrogen and oxygen atoms in total. The van der Waals surface area contributed by atoms with Gasteiger partial charge in [-0.15, -0.1) is 0 Å². The summed E-state index contributed by atoms with van der Waals surface area (Å²) in [6.45, 7) is 1.24. The Labute approximate surface area is 82.2 Å². The number of aliphatic carboxylic acids is 1. The number of carboxylic acid groups (broad SMARTS) is 1. The van der Waals surface area contributed by atoms with Crippen LogP contribution in [-0.2, 0) is 4.79 Å². The average Bonchev–Trinajstić information content (AvgIpc) is 2.18. The maximum absolute atomic E-state index is 11.3. The lowest BCUT2D eigenvalue weighted by Gasteiger charge is -2.26. The van der Waals surface area contributed by atoms with Crippen LogP contribution in [0.2, 0.25) is 0 Å². The Morgan fingerprint density at radius 1 is 1.21 bits per heavy atom. The molecule has 2 amide bonds. The van der Waals surface area contributed by atoms with Gasteiger partial charge in [0.2, 0.25) is 0 Å². The number of urea groups is 1. The van der Waals surface area contributed by atoms with Gasteiger partial charge >= 0.3 is 12.0 Å². The summed E-state index contributed by atoms with van der Waals surface area (Å²) >= 11 is 0. The van der Waals surface area contributed by atoms with E-state index in [-0.39, 0.29) is 12.6 Å². The number of likely N-dealkylation sites (tertiary alicyclic amines) is 1. The SMILES string of the molecule is O=C(O)CNNC(=O)N1CCCCC1. The Morgan fingerprint density at radius 3 is 2.43 bits per heavy atom. The van der Waals surface area contributed by atoms with Crippen molar-refractivity contribution in [2.75, 3.05) is 19.6 Å². The highest BCUT2D eigenvalue weighted by Gasteiger charge is 2.15. The molecule has 0 aromatic rings. The van der Waals surface area contributed by atoms with Crippen molar-refractivity contribution in [2.45, 2.75) is 19.3 Å². The fourth-order valence-corrected chi connectivity index (χ4v) is 1.37. The minimum atomic E-state index is -0.996. The van der Waals surface area contributed by atoms with Crippen molar-refractivity contribution in [1.82, 2.24) is 15.8 Å². The van der Waals surface area contributed by atoms with Crippen molar-refractivity contribution in [2.24, 2.45) is 0 Å². The van der Waals surface area contributed by atoms with E-state index < -0.39 is 5.97 Å². The van der Waals surface area contributed by atoms with Crippen molar-refractivity contribution in [3.05, 3.63) is 0 Å². The zero-order valence-electron chi connectivity index (χ0n) is 7.95. The molecule has 3 N–H and O–H groups in total. The molecule has 0 aromatic heterocycles. The van der Waals surface area contributed by atoms with Crippen LogP contribution in [0.3, 0.4) is 0 Å². The molecule has 6 heteroatoms. The molecule has 1 saturated heterocycles. The van der Waals surface area contributed by atoms with Crippen LogP contribution in [0.25, 0.3) is 0 Å². The first-order valence-corrected chi connectivity index (χ1v) is 4.70. The van der Waals surface area contributed by atoms with Crippen molar-refractivity contribution in [1.29, 1.82) is 0 Å². The molecule has 1 rings (SSSR count). The van der Waals surface area contributed by atoms with Crippen LogP contribution in [-0.4, -0.2) is 41.6 Å². The third-order valence-electron chi connectivity index (χ3n) is 2.08. The first-order chi connectivity index (χ1) is 6.70. The number of hydrogen-bond donors (Lipinski definition) is 3. The van der Waals surface area contributed by atoms with Gasteiger partial charge in [-0.1, -0.05) is 0 Å². The van der Waals surface area contributed by atoms with Crippen molar-refractivity contribution in [3.8, 4) is 0 Å². The summed E-state index contributed by atoms with van der Waals surface area (Å²) in [4.78, 5) is 23.1. The highest BCUT2D eigenvalue weighted by molar-refractivity contribution is 5.74. The summed E-state index contributed by atoms with van der Waals surface area (Å²) in [6, 6.07) is -0.244. The van der Waals surface area contributed by atoms with Crippen molar-refractivity contribution < 1.29 is 14.7 Å². The van der Waals surface area contributed by atoms with E-state index in [9.17, 15) is 9.59 Å². The summed E-state index contributed by atoms with van der Waals surface area (Å²) in [5.41, 5.74) is 4.68. The summed E-state index contributed by atoms with van der Waals surface area (Å²) in [7, 11) is 0. The molecule has 0 aliphatic carbocycles. The molecule has 0 spiro atoms. The zero-order valence-corrected chi connectivity index (χ0v) is 7.95. The largest absolute Gasteiger partial charge is 0.480 e. The van der Waals surface area contributed by atoms with E-state index in [0.717, 1.165) is 32.4 Å². The fourth-order valence-electron chi connectivity index (χ4n) is 1.37. The van der Waals surface area contributed by atoms with Gasteiger partial charge in [0.1, 0.15) is 6.54 Å². The van der Waals surface area contributed by atoms with E-state index in [0.29, 0.717) is 0 Å². The average molecular weight is 201 g/mol. The Kier molecular flexibility index (Phi) is 4.18. The van der Waals surface area contributed by atoms with Gasteiger partial charge in [0.25, 0.3) is 0 Å². The second-order valence-electron chi connectivity index (χ2n) is 3.23. The Hall–Kier alpha value is -1.30. The number of rotatable bonds is 3. The molecule has 14 heavy (non-hydrogen) atoms. The van der Waals surface area contributed by atoms with Gasteiger partial charge in [-0.25, -0.2) is 10.2 Å². The van der Waals surface area contributed by atoms with Crippen molar-refractivity contribution in [3.63, 3.8) is 0 Å². The number of carbonyl (C=O) groups excluding carboxylic acids is 1. The Bertz CT molecular complexity index is 214. The van der Waals surface area contributed by atoms with Gasteiger partial charge in [0.05, 0.1) is 0 Å². The summed E-state index contributed by atoms with van der Waals surface area (Å²) in [5, 5.41) is 8.31. The van der Waals surface area contributed by atoms with Crippen LogP contribution in [0.5, 0.6) is 0 Å². The topological polar surface area (TPSA) is 81.7 Å². The van der Waals surface area contributed by atoms with Crippen LogP contribution in [0, 0.1) is 0 Å². The molecule has 1 fully saturated rings. The lowest BCUT2D eigenvalue weighted by Crippen LogP contribution is -2.49. The van der Waals surface area contributed by atoms with E-state index in [2.05, 4.69) is 10.9 Å². The van der Waals surface area contributed by atoms with Crippen LogP contribution in [0.4, 0.5) is 4.79 Å². The second kappa shape index (κ2) is 5.43. The number of carbonyl (C=O) groups is 2. The van der Waals surface area contributed by atoms with Crippen molar-refractivity contribution >= 4 is 12.0 Å². The molecular formula is C8H15N3O3. The van der Waals surface area contributed by atoms with E-state index in [1.807, 2.05) is 0 Å². The molecule has 80 valence electrons. The monoisotopic (exact) mass is 201 g/mol. The van der Waals surface area contributed by atoms with Gasteiger partial charge in [0.15, 0.2) is 0 Å². The zero-order chi connectivity index (χ0) is 10.4. The van der Waals surface area contributed by atoms with Crippen LogP contribution in [0.1, 0.15) is 19.3 Å². The smallest absolute Gasteiger partial charge is 0.331 e. The molecule has 0 unspecified atom stereocenters. The molecule has 1 aliphatic heterocycles. The number of amides is 2. The number of hydrogen-bond acceptors (Lipinski definition) is 3. The Balaban J connectivity index is 2.16. The maximum atomic E-state index is 11.3. The third kappa shape index (κ3) is 3.61. The summed E-state index contributed by atoms with van der Waals surface area (Å²) < 4.78 is 0. The Morgan fingerprint density at radius 2 is 1.86 bits per heavy atom. The van der Waals surface area contributed by atoms with E-state index in [1.54, 1.807) is 4.90 Å². The van der Waals surface area contributed by atoms with Gasteiger partial charge in [-0.05, 0) is 19.3 Å². The normalized spacial score (nSPS) is 16.4. The van der Waals surface area contributed by atoms with E-state index in [1.165, 1.54) is 0 Å². The second-order valence-corrected chi connectivity index (χ2v) is 3.23. The summed E-state index contributed by atoms with van der Waals surface area (Å²) in [5.74, 6) is -0.996. The molecule has 0 radical (unpaired) electrons. The highest BCUT2D eigenvalue weighted by Crippen LogP contribution is 2.07. The number of nitrogens with zero attached hydrogens (tertiary/aromatic N) is 1. The number of carboxylic acids is 1. The van der Waals surface area contributed by atoms with Gasteiger partial charge < -0.3 is 10.0 Å². The van der Waals surface area contributed by atoms with Gasteiger partial charge in [0, 0.05) is 13.1 Å². The number of hydrazine groups is 1. The summed E-state index contributed by atoms with van der Waals surface area (Å²) in [6.07, 6.45) is 3.20. The molecule has 0 bridgehead atoms. The third-order valence-corrected chi connectivity index (χ3v) is 2.08. The molecular weight excluding hydrogens is 186 g/mol. The van der Waals surface area contributed by atoms with Crippen LogP contribution < -0.4 is 10.9 Å². The predicted octanol–water partition coefficient (Wildman–Crippen LogP) is -0.229. The fraction of sp³-hybridized carbons (Fsp3) is 0.750. The minimum absolute atomic E-state index is 0.244. The lowest BCUT2D eigenvalue weighted by atomic mass is 10.1. The molecule has 0 saturated carbocycles. The number of piperidine rings is 1. The quantitative estimate of drug-likeness (QED) is 0.551. The lowest BCUT2D eigenvalue weighted by molar-refractivity contribution is -0.136. The molecule has 1 heterocycles. The first-order valence-electron chi connectivity index (χ1n) is 4.70. The van der Waals surface area contributed by atoms with E-state index >= 15 is 0 Å². The van der Waals surface area contributed by atoms with Crippen LogP contribution in [0.15, 0.2) is 0 Å². The predicted molar refractivity (Wildman–Crippen MR) is 49.6 cm³/mol. The molecule has 0 atom stereocenters. The minimum Gasteiger partial charge on any atom is -0.480 e. The first kappa shape index (κ1) is 10.8. The van der Waals surface area contributed by atoms with Gasteiger partial charge in [-0.3, -0.25) is 10.2 Å².